The number of sulfonamides is 1. The third-order valence-corrected chi connectivity index (χ3v) is 8.00. The van der Waals surface area contributed by atoms with Crippen molar-refractivity contribution in [3.63, 3.8) is 0 Å². The fourth-order valence-electron chi connectivity index (χ4n) is 3.78. The van der Waals surface area contributed by atoms with Crippen LogP contribution in [0.25, 0.3) is 10.9 Å². The van der Waals surface area contributed by atoms with E-state index in [9.17, 15) is 13.2 Å². The Morgan fingerprint density at radius 1 is 1.03 bits per heavy atom. The monoisotopic (exact) mass is 475 g/mol. The maximum Gasteiger partial charge on any atom is 0.273 e. The zero-order valence-corrected chi connectivity index (χ0v) is 18.5. The highest BCUT2D eigenvalue weighted by atomic mass is 79.9. The molecule has 2 aromatic carbocycles. The van der Waals surface area contributed by atoms with Gasteiger partial charge in [-0.15, -0.1) is 0 Å². The molecule has 29 heavy (non-hydrogen) atoms. The van der Waals surface area contributed by atoms with Crippen molar-refractivity contribution in [1.29, 1.82) is 0 Å². The van der Waals surface area contributed by atoms with Crippen LogP contribution < -0.4 is 5.32 Å². The normalized spacial score (nSPS) is 15.5. The predicted octanol–water partition coefficient (Wildman–Crippen LogP) is 4.37. The number of nitrogens with zero attached hydrogens (tertiary/aromatic N) is 2. The molecule has 0 aliphatic carbocycles. The van der Waals surface area contributed by atoms with Gasteiger partial charge in [0.1, 0.15) is 5.69 Å². The molecule has 3 aromatic rings. The molecule has 1 amide bonds. The molecule has 1 aliphatic heterocycles. The van der Waals surface area contributed by atoms with Crippen molar-refractivity contribution in [2.75, 3.05) is 18.4 Å². The van der Waals surface area contributed by atoms with Gasteiger partial charge in [0.05, 0.1) is 9.37 Å². The molecule has 1 saturated heterocycles. The zero-order chi connectivity index (χ0) is 20.6. The molecule has 1 aromatic heterocycles. The van der Waals surface area contributed by atoms with Crippen LogP contribution in [0.4, 0.5) is 5.69 Å². The zero-order valence-electron chi connectivity index (χ0n) is 16.1. The van der Waals surface area contributed by atoms with E-state index in [2.05, 4.69) is 21.2 Å². The molecule has 0 spiro atoms. The van der Waals surface area contributed by atoms with Crippen LogP contribution in [0.5, 0.6) is 0 Å². The van der Waals surface area contributed by atoms with Crippen molar-refractivity contribution >= 4 is 48.5 Å². The van der Waals surface area contributed by atoms with Gasteiger partial charge in [-0.05, 0) is 53.0 Å². The summed E-state index contributed by atoms with van der Waals surface area (Å²) in [4.78, 5) is 13.2. The molecule has 1 aliphatic rings. The second-order valence-electron chi connectivity index (χ2n) is 7.19. The number of para-hydroxylation sites is 1. The topological polar surface area (TPSA) is 71.4 Å². The number of halogens is 1. The smallest absolute Gasteiger partial charge is 0.273 e. The van der Waals surface area contributed by atoms with Crippen LogP contribution in [0.1, 0.15) is 29.8 Å². The van der Waals surface area contributed by atoms with Crippen molar-refractivity contribution in [2.45, 2.75) is 24.2 Å². The lowest BCUT2D eigenvalue weighted by Crippen LogP contribution is -2.35. The van der Waals surface area contributed by atoms with Gasteiger partial charge in [-0.3, -0.25) is 4.79 Å². The standard InChI is InChI=1S/C21H22BrN3O3S/c1-24-18-11-4-3-10-17(18)19(22)20(24)21(26)23-15-8-7-9-16(14-15)29(27,28)25-12-5-2-6-13-25/h3-4,7-11,14H,2,5-6,12-13H2,1H3,(H,23,26). The molecule has 1 N–H and O–H groups in total. The van der Waals surface area contributed by atoms with Crippen LogP contribution in [0.15, 0.2) is 57.9 Å². The average Bonchev–Trinajstić information content (AvgIpc) is 2.99. The molecule has 0 unspecified atom stereocenters. The van der Waals surface area contributed by atoms with Gasteiger partial charge in [-0.2, -0.15) is 4.31 Å². The van der Waals surface area contributed by atoms with E-state index in [-0.39, 0.29) is 10.8 Å². The molecule has 6 nitrogen and oxygen atoms in total. The Hall–Kier alpha value is -2.16. The Morgan fingerprint density at radius 2 is 1.76 bits per heavy atom. The number of hydrogen-bond donors (Lipinski definition) is 1. The van der Waals surface area contributed by atoms with Gasteiger partial charge in [0.25, 0.3) is 5.91 Å². The lowest BCUT2D eigenvalue weighted by atomic mass is 10.2. The van der Waals surface area contributed by atoms with Crippen molar-refractivity contribution in [3.8, 4) is 0 Å². The van der Waals surface area contributed by atoms with Crippen molar-refractivity contribution in [3.05, 3.63) is 58.7 Å². The molecule has 1 fully saturated rings. The molecule has 4 rings (SSSR count). The van der Waals surface area contributed by atoms with E-state index in [0.29, 0.717) is 28.9 Å². The number of piperidine rings is 1. The SMILES string of the molecule is Cn1c(C(=O)Nc2cccc(S(=O)(=O)N3CCCCC3)c2)c(Br)c2ccccc21. The minimum atomic E-state index is -3.55. The summed E-state index contributed by atoms with van der Waals surface area (Å²) in [5.41, 5.74) is 1.87. The highest BCUT2D eigenvalue weighted by molar-refractivity contribution is 9.10. The average molecular weight is 476 g/mol. The van der Waals surface area contributed by atoms with Crippen LogP contribution in [0, 0.1) is 0 Å². The minimum Gasteiger partial charge on any atom is -0.339 e. The number of benzene rings is 2. The van der Waals surface area contributed by atoms with Crippen LogP contribution in [-0.2, 0) is 17.1 Å². The molecular formula is C21H22BrN3O3S. The lowest BCUT2D eigenvalue weighted by molar-refractivity contribution is 0.101. The van der Waals surface area contributed by atoms with Gasteiger partial charge in [-0.25, -0.2) is 8.42 Å². The summed E-state index contributed by atoms with van der Waals surface area (Å²) < 4.78 is 29.9. The number of nitrogens with one attached hydrogen (secondary N) is 1. The maximum absolute atomic E-state index is 13.0. The van der Waals surface area contributed by atoms with E-state index in [1.54, 1.807) is 18.2 Å². The molecule has 0 radical (unpaired) electrons. The second-order valence-corrected chi connectivity index (χ2v) is 9.92. The molecular weight excluding hydrogens is 454 g/mol. The molecule has 0 bridgehead atoms. The first kappa shape index (κ1) is 20.1. The van der Waals surface area contributed by atoms with Crippen LogP contribution in [0.2, 0.25) is 0 Å². The number of aryl methyl sites for hydroxylation is 1. The predicted molar refractivity (Wildman–Crippen MR) is 118 cm³/mol. The fourth-order valence-corrected chi connectivity index (χ4v) is 6.12. The Morgan fingerprint density at radius 3 is 2.48 bits per heavy atom. The molecule has 8 heteroatoms. The summed E-state index contributed by atoms with van der Waals surface area (Å²) in [5.74, 6) is -0.303. The highest BCUT2D eigenvalue weighted by Gasteiger charge is 2.26. The number of hydrogen-bond acceptors (Lipinski definition) is 3. The summed E-state index contributed by atoms with van der Waals surface area (Å²) >= 11 is 3.53. The van der Waals surface area contributed by atoms with Crippen LogP contribution in [0.3, 0.4) is 0 Å². The number of fused-ring (bicyclic) bond motifs is 1. The molecule has 152 valence electrons. The Labute approximate surface area is 178 Å². The van der Waals surface area contributed by atoms with Crippen molar-refractivity contribution < 1.29 is 13.2 Å². The number of rotatable bonds is 4. The molecule has 2 heterocycles. The van der Waals surface area contributed by atoms with Crippen molar-refractivity contribution in [1.82, 2.24) is 8.87 Å². The Bertz CT molecular complexity index is 1140. The second kappa shape index (κ2) is 7.93. The van der Waals surface area contributed by atoms with E-state index < -0.39 is 10.0 Å². The minimum absolute atomic E-state index is 0.202. The number of aromatic nitrogens is 1. The summed E-state index contributed by atoms with van der Waals surface area (Å²) in [6, 6.07) is 14.2. The van der Waals surface area contributed by atoms with Gasteiger partial charge in [0.2, 0.25) is 10.0 Å². The summed E-state index contributed by atoms with van der Waals surface area (Å²) in [6.45, 7) is 1.09. The molecule has 0 atom stereocenters. The van der Waals surface area contributed by atoms with Crippen LogP contribution >= 0.6 is 15.9 Å². The Balaban J connectivity index is 1.63. The fraction of sp³-hybridized carbons (Fsp3) is 0.286. The van der Waals surface area contributed by atoms with E-state index in [4.69, 9.17) is 0 Å². The highest BCUT2D eigenvalue weighted by Crippen LogP contribution is 2.31. The maximum atomic E-state index is 13.0. The van der Waals surface area contributed by atoms with E-state index in [1.807, 2.05) is 35.9 Å². The van der Waals surface area contributed by atoms with Gasteiger partial charge in [-0.1, -0.05) is 30.7 Å². The largest absolute Gasteiger partial charge is 0.339 e. The van der Waals surface area contributed by atoms with Crippen LogP contribution in [-0.4, -0.2) is 36.3 Å². The first-order valence-electron chi connectivity index (χ1n) is 9.54. The van der Waals surface area contributed by atoms with Gasteiger partial charge in [0.15, 0.2) is 0 Å². The van der Waals surface area contributed by atoms with E-state index in [0.717, 1.165) is 30.2 Å². The van der Waals surface area contributed by atoms with E-state index >= 15 is 0 Å². The molecule has 0 saturated carbocycles. The third-order valence-electron chi connectivity index (χ3n) is 5.30. The first-order chi connectivity index (χ1) is 13.9. The first-order valence-corrected chi connectivity index (χ1v) is 11.8. The lowest BCUT2D eigenvalue weighted by Gasteiger charge is -2.26. The summed E-state index contributed by atoms with van der Waals surface area (Å²) in [5, 5.41) is 3.79. The van der Waals surface area contributed by atoms with Gasteiger partial charge < -0.3 is 9.88 Å². The Kier molecular flexibility index (Phi) is 5.50. The number of carbonyl (C=O) groups is 1. The summed E-state index contributed by atoms with van der Waals surface area (Å²) in [6.07, 6.45) is 2.82. The number of amides is 1. The quantitative estimate of drug-likeness (QED) is 0.608. The number of carbonyl (C=O) groups excluding carboxylic acids is 1. The number of anilines is 1. The van der Waals surface area contributed by atoms with E-state index in [1.165, 1.54) is 10.4 Å². The van der Waals surface area contributed by atoms with Gasteiger partial charge in [0, 0.05) is 36.7 Å². The third kappa shape index (κ3) is 3.72. The van der Waals surface area contributed by atoms with Gasteiger partial charge >= 0.3 is 0 Å². The summed E-state index contributed by atoms with van der Waals surface area (Å²) in [7, 11) is -1.72. The van der Waals surface area contributed by atoms with Crippen molar-refractivity contribution in [2.24, 2.45) is 7.05 Å².